The first kappa shape index (κ1) is 29.4. The average Bonchev–Trinajstić information content (AvgIpc) is 2.91. The number of anilines is 2. The molecule has 0 aliphatic rings. The zero-order valence-electron chi connectivity index (χ0n) is 21.7. The number of hydrogen-bond donors (Lipinski definition) is 2. The van der Waals surface area contributed by atoms with Crippen molar-refractivity contribution in [2.45, 2.75) is 43.5 Å². The van der Waals surface area contributed by atoms with E-state index in [-0.39, 0.29) is 39.4 Å². The van der Waals surface area contributed by atoms with Crippen molar-refractivity contribution in [1.29, 1.82) is 0 Å². The largest absolute Gasteiger partial charge is 0.480 e. The van der Waals surface area contributed by atoms with Crippen LogP contribution in [0.1, 0.15) is 31.7 Å². The fraction of sp³-hybridized carbons (Fsp3) is 0.200. The van der Waals surface area contributed by atoms with Crippen LogP contribution in [-0.2, 0) is 26.0 Å². The van der Waals surface area contributed by atoms with Gasteiger partial charge in [0.15, 0.2) is 0 Å². The monoisotopic (exact) mass is 598 g/mol. The van der Waals surface area contributed by atoms with E-state index >= 15 is 0 Å². The van der Waals surface area contributed by atoms with Gasteiger partial charge in [0.2, 0.25) is 5.91 Å². The second-order valence-corrected chi connectivity index (χ2v) is 12.0. The molecular weight excluding hydrogens is 571 g/mol. The van der Waals surface area contributed by atoms with Crippen molar-refractivity contribution in [2.75, 3.05) is 9.62 Å². The molecule has 1 atom stereocenters. The van der Waals surface area contributed by atoms with Crippen LogP contribution in [0, 0.1) is 0 Å². The number of nitrogens with one attached hydrogen (secondary N) is 1. The van der Waals surface area contributed by atoms with Gasteiger partial charge in [-0.05, 0) is 42.3 Å². The summed E-state index contributed by atoms with van der Waals surface area (Å²) in [7, 11) is -4.45. The molecule has 0 aromatic heterocycles. The maximum absolute atomic E-state index is 14.1. The third-order valence-corrected chi connectivity index (χ3v) is 8.65. The van der Waals surface area contributed by atoms with Gasteiger partial charge in [0.1, 0.15) is 6.04 Å². The summed E-state index contributed by atoms with van der Waals surface area (Å²) in [6.45, 7) is 1.90. The van der Waals surface area contributed by atoms with Gasteiger partial charge in [0.05, 0.1) is 17.0 Å². The van der Waals surface area contributed by atoms with Gasteiger partial charge in [-0.1, -0.05) is 97.6 Å². The Bertz CT molecular complexity index is 1620. The van der Waals surface area contributed by atoms with Crippen LogP contribution >= 0.6 is 23.2 Å². The van der Waals surface area contributed by atoms with Crippen LogP contribution in [0.25, 0.3) is 10.8 Å². The number of fused-ring (bicyclic) bond motifs is 1. The second kappa shape index (κ2) is 12.7. The number of carbonyl (C=O) groups is 2. The lowest BCUT2D eigenvalue weighted by Crippen LogP contribution is -2.45. The molecule has 0 fully saturated rings. The van der Waals surface area contributed by atoms with E-state index in [0.29, 0.717) is 29.3 Å². The summed E-state index contributed by atoms with van der Waals surface area (Å²) < 4.78 is 29.2. The standard InChI is InChI=1S/C30H28Cl2N2O5S/c1-2-3-14-28(30(36)37)34(40(38,39)23-18-21(31)17-22(32)19-23)27-15-8-11-24-25(27)12-7-13-26(24)33-29(35)16-20-9-5-4-6-10-20/h4-13,15,17-19,28H,2-3,14,16H2,1H3,(H,33,35)(H,36,37). The highest BCUT2D eigenvalue weighted by Crippen LogP contribution is 2.37. The summed E-state index contributed by atoms with van der Waals surface area (Å²) in [5.74, 6) is -1.53. The lowest BCUT2D eigenvalue weighted by atomic mass is 10.0. The van der Waals surface area contributed by atoms with Crippen LogP contribution in [0.5, 0.6) is 0 Å². The Hall–Kier alpha value is -3.59. The molecule has 4 aromatic carbocycles. The van der Waals surface area contributed by atoms with E-state index in [9.17, 15) is 23.1 Å². The van der Waals surface area contributed by atoms with Gasteiger partial charge in [0, 0.05) is 26.5 Å². The lowest BCUT2D eigenvalue weighted by Gasteiger charge is -2.31. The summed E-state index contributed by atoms with van der Waals surface area (Å²) >= 11 is 12.3. The number of carboxylic acid groups (broad SMARTS) is 1. The number of halogens is 2. The highest BCUT2D eigenvalue weighted by molar-refractivity contribution is 7.93. The normalized spacial score (nSPS) is 12.2. The number of benzene rings is 4. The van der Waals surface area contributed by atoms with Crippen LogP contribution in [-0.4, -0.2) is 31.4 Å². The maximum Gasteiger partial charge on any atom is 0.327 e. The molecule has 0 bridgehead atoms. The number of aliphatic carboxylic acids is 1. The molecule has 4 rings (SSSR count). The van der Waals surface area contributed by atoms with Gasteiger partial charge < -0.3 is 10.4 Å². The first-order valence-corrected chi connectivity index (χ1v) is 14.9. The van der Waals surface area contributed by atoms with Crippen LogP contribution in [0.3, 0.4) is 0 Å². The molecule has 2 N–H and O–H groups in total. The lowest BCUT2D eigenvalue weighted by molar-refractivity contribution is -0.138. The van der Waals surface area contributed by atoms with Crippen molar-refractivity contribution in [3.8, 4) is 0 Å². The first-order chi connectivity index (χ1) is 19.1. The summed E-state index contributed by atoms with van der Waals surface area (Å²) in [6, 6.07) is 21.8. The predicted molar refractivity (Wildman–Crippen MR) is 160 cm³/mol. The van der Waals surface area contributed by atoms with Gasteiger partial charge in [-0.15, -0.1) is 0 Å². The van der Waals surface area contributed by atoms with E-state index in [1.165, 1.54) is 18.2 Å². The van der Waals surface area contributed by atoms with Gasteiger partial charge in [-0.25, -0.2) is 13.2 Å². The highest BCUT2D eigenvalue weighted by Gasteiger charge is 2.37. The third-order valence-electron chi connectivity index (χ3n) is 6.41. The number of unbranched alkanes of at least 4 members (excludes halogenated alkanes) is 1. The summed E-state index contributed by atoms with van der Waals surface area (Å²) in [4.78, 5) is 25.2. The molecule has 1 amide bonds. The maximum atomic E-state index is 14.1. The van der Waals surface area contributed by atoms with E-state index in [4.69, 9.17) is 23.2 Å². The van der Waals surface area contributed by atoms with Crippen LogP contribution < -0.4 is 9.62 Å². The number of rotatable bonds is 11. The SMILES string of the molecule is CCCCC(C(=O)O)N(c1cccc2c(NC(=O)Cc3ccccc3)cccc12)S(=O)(=O)c1cc(Cl)cc(Cl)c1. The molecule has 4 aromatic rings. The van der Waals surface area contributed by atoms with Crippen molar-refractivity contribution in [3.05, 3.63) is 101 Å². The highest BCUT2D eigenvalue weighted by atomic mass is 35.5. The Morgan fingerprint density at radius 3 is 2.20 bits per heavy atom. The Labute approximate surface area is 243 Å². The molecule has 1 unspecified atom stereocenters. The molecule has 0 aliphatic carbocycles. The molecule has 10 heteroatoms. The number of nitrogens with zero attached hydrogens (tertiary/aromatic N) is 1. The molecule has 7 nitrogen and oxygen atoms in total. The van der Waals surface area contributed by atoms with Crippen molar-refractivity contribution in [1.82, 2.24) is 0 Å². The molecule has 0 saturated heterocycles. The summed E-state index contributed by atoms with van der Waals surface area (Å²) in [5, 5.41) is 14.4. The van der Waals surface area contributed by atoms with Crippen LogP contribution in [0.4, 0.5) is 11.4 Å². The Morgan fingerprint density at radius 1 is 0.900 bits per heavy atom. The minimum absolute atomic E-state index is 0.0866. The number of sulfonamides is 1. The van der Waals surface area contributed by atoms with Crippen molar-refractivity contribution >= 4 is 67.2 Å². The van der Waals surface area contributed by atoms with E-state index in [0.717, 1.165) is 9.87 Å². The minimum Gasteiger partial charge on any atom is -0.480 e. The van der Waals surface area contributed by atoms with Gasteiger partial charge in [0.25, 0.3) is 10.0 Å². The smallest absolute Gasteiger partial charge is 0.327 e. The molecule has 40 heavy (non-hydrogen) atoms. The quantitative estimate of drug-likeness (QED) is 0.190. The van der Waals surface area contributed by atoms with E-state index in [1.807, 2.05) is 37.3 Å². The Balaban J connectivity index is 1.85. The van der Waals surface area contributed by atoms with Gasteiger partial charge in [-0.3, -0.25) is 9.10 Å². The fourth-order valence-corrected chi connectivity index (χ4v) is 6.95. The number of amides is 1. The molecule has 208 valence electrons. The van der Waals surface area contributed by atoms with Crippen molar-refractivity contribution < 1.29 is 23.1 Å². The third kappa shape index (κ3) is 6.58. The van der Waals surface area contributed by atoms with E-state index in [1.54, 1.807) is 36.4 Å². The molecule has 0 heterocycles. The van der Waals surface area contributed by atoms with E-state index in [2.05, 4.69) is 5.32 Å². The Morgan fingerprint density at radius 2 is 1.55 bits per heavy atom. The number of carbonyl (C=O) groups excluding carboxylic acids is 1. The first-order valence-electron chi connectivity index (χ1n) is 12.7. The zero-order chi connectivity index (χ0) is 28.9. The van der Waals surface area contributed by atoms with Crippen LogP contribution in [0.15, 0.2) is 89.8 Å². The average molecular weight is 600 g/mol. The van der Waals surface area contributed by atoms with Crippen LogP contribution in [0.2, 0.25) is 10.0 Å². The molecule has 0 radical (unpaired) electrons. The van der Waals surface area contributed by atoms with Gasteiger partial charge in [-0.2, -0.15) is 0 Å². The molecular formula is C30H28Cl2N2O5S. The Kier molecular flexibility index (Phi) is 9.35. The number of carboxylic acids is 1. The second-order valence-electron chi connectivity index (χ2n) is 9.29. The minimum atomic E-state index is -4.45. The topological polar surface area (TPSA) is 104 Å². The molecule has 0 aliphatic heterocycles. The molecule has 0 spiro atoms. The predicted octanol–water partition coefficient (Wildman–Crippen LogP) is 7.17. The number of hydrogen-bond acceptors (Lipinski definition) is 4. The van der Waals surface area contributed by atoms with Crippen molar-refractivity contribution in [2.24, 2.45) is 0 Å². The molecule has 0 saturated carbocycles. The fourth-order valence-electron chi connectivity index (χ4n) is 4.56. The summed E-state index contributed by atoms with van der Waals surface area (Å²) in [6.07, 6.45) is 1.41. The van der Waals surface area contributed by atoms with Crippen molar-refractivity contribution in [3.63, 3.8) is 0 Å². The zero-order valence-corrected chi connectivity index (χ0v) is 24.0. The summed E-state index contributed by atoms with van der Waals surface area (Å²) in [5.41, 5.74) is 1.48. The van der Waals surface area contributed by atoms with E-state index < -0.39 is 22.0 Å². The van der Waals surface area contributed by atoms with Gasteiger partial charge >= 0.3 is 5.97 Å².